The van der Waals surface area contributed by atoms with Gasteiger partial charge in [0.25, 0.3) is 0 Å². The van der Waals surface area contributed by atoms with Crippen molar-refractivity contribution in [1.82, 2.24) is 20.3 Å². The summed E-state index contributed by atoms with van der Waals surface area (Å²) in [5, 5.41) is 11.4. The molecule has 0 spiro atoms. The molecule has 0 saturated carbocycles. The van der Waals surface area contributed by atoms with Crippen molar-refractivity contribution in [3.05, 3.63) is 34.5 Å². The third kappa shape index (κ3) is 2.06. The Balaban J connectivity index is 2.51. The SMILES string of the molecule is CCNC(c1c(C)oc(C)c1C)c1cnnn1C. The zero-order valence-corrected chi connectivity index (χ0v) is 11.6. The summed E-state index contributed by atoms with van der Waals surface area (Å²) in [5.41, 5.74) is 3.43. The third-order valence-electron chi connectivity index (χ3n) is 3.36. The number of nitrogens with zero attached hydrogens (tertiary/aromatic N) is 3. The monoisotopic (exact) mass is 248 g/mol. The van der Waals surface area contributed by atoms with E-state index in [0.29, 0.717) is 0 Å². The van der Waals surface area contributed by atoms with Gasteiger partial charge in [-0.15, -0.1) is 5.10 Å². The van der Waals surface area contributed by atoms with Crippen molar-refractivity contribution >= 4 is 0 Å². The first-order valence-corrected chi connectivity index (χ1v) is 6.20. The zero-order chi connectivity index (χ0) is 13.3. The van der Waals surface area contributed by atoms with Crippen LogP contribution in [0.4, 0.5) is 0 Å². The van der Waals surface area contributed by atoms with Crippen LogP contribution < -0.4 is 5.32 Å². The number of furan rings is 1. The molecule has 1 atom stereocenters. The number of aryl methyl sites for hydroxylation is 3. The summed E-state index contributed by atoms with van der Waals surface area (Å²) in [6.07, 6.45) is 1.80. The lowest BCUT2D eigenvalue weighted by Crippen LogP contribution is -2.25. The minimum atomic E-state index is 0.0763. The fraction of sp³-hybridized carbons (Fsp3) is 0.538. The molecule has 1 N–H and O–H groups in total. The number of hydrogen-bond acceptors (Lipinski definition) is 4. The molecule has 5 heteroatoms. The molecule has 0 aliphatic carbocycles. The molecule has 2 aromatic rings. The number of nitrogens with one attached hydrogen (secondary N) is 1. The predicted octanol–water partition coefficient (Wildman–Crippen LogP) is 2.03. The van der Waals surface area contributed by atoms with E-state index in [9.17, 15) is 0 Å². The molecule has 0 bridgehead atoms. The van der Waals surface area contributed by atoms with Crippen LogP contribution in [-0.4, -0.2) is 21.5 Å². The Hall–Kier alpha value is -1.62. The maximum atomic E-state index is 5.72. The number of hydrogen-bond donors (Lipinski definition) is 1. The van der Waals surface area contributed by atoms with Crippen molar-refractivity contribution in [3.8, 4) is 0 Å². The molecule has 0 aliphatic rings. The van der Waals surface area contributed by atoms with Crippen LogP contribution in [0.15, 0.2) is 10.6 Å². The van der Waals surface area contributed by atoms with E-state index in [0.717, 1.165) is 23.8 Å². The second-order valence-corrected chi connectivity index (χ2v) is 4.53. The fourth-order valence-corrected chi connectivity index (χ4v) is 2.35. The Morgan fingerprint density at radius 1 is 1.33 bits per heavy atom. The van der Waals surface area contributed by atoms with Crippen molar-refractivity contribution in [2.24, 2.45) is 7.05 Å². The van der Waals surface area contributed by atoms with Gasteiger partial charge in [0.1, 0.15) is 11.5 Å². The standard InChI is InChI=1S/C13H20N4O/c1-6-14-13(11-7-15-16-17(11)5)12-8(2)9(3)18-10(12)4/h7,13-14H,6H2,1-5H3. The average Bonchev–Trinajstić information content (AvgIpc) is 2.83. The van der Waals surface area contributed by atoms with Crippen molar-refractivity contribution in [1.29, 1.82) is 0 Å². The van der Waals surface area contributed by atoms with Crippen molar-refractivity contribution in [2.75, 3.05) is 6.54 Å². The Morgan fingerprint density at radius 2 is 2.06 bits per heavy atom. The molecule has 0 amide bonds. The van der Waals surface area contributed by atoms with E-state index in [1.54, 1.807) is 10.9 Å². The molecule has 0 radical (unpaired) electrons. The molecule has 5 nitrogen and oxygen atoms in total. The Kier molecular flexibility index (Phi) is 3.52. The van der Waals surface area contributed by atoms with Crippen LogP contribution in [0.25, 0.3) is 0 Å². The van der Waals surface area contributed by atoms with Gasteiger partial charge in [-0.2, -0.15) is 0 Å². The first-order valence-electron chi connectivity index (χ1n) is 6.20. The second-order valence-electron chi connectivity index (χ2n) is 4.53. The lowest BCUT2D eigenvalue weighted by Gasteiger charge is -2.18. The van der Waals surface area contributed by atoms with Crippen LogP contribution in [0.1, 0.15) is 41.3 Å². The van der Waals surface area contributed by atoms with Crippen LogP contribution in [0.5, 0.6) is 0 Å². The fourth-order valence-electron chi connectivity index (χ4n) is 2.35. The average molecular weight is 248 g/mol. The molecule has 2 heterocycles. The topological polar surface area (TPSA) is 55.9 Å². The van der Waals surface area contributed by atoms with E-state index < -0.39 is 0 Å². The first-order chi connectivity index (χ1) is 8.56. The van der Waals surface area contributed by atoms with Crippen LogP contribution in [0.3, 0.4) is 0 Å². The van der Waals surface area contributed by atoms with Gasteiger partial charge in [-0.1, -0.05) is 12.1 Å². The lowest BCUT2D eigenvalue weighted by molar-refractivity contribution is 0.490. The Labute approximate surface area is 107 Å². The Bertz CT molecular complexity index is 541. The molecule has 0 aromatic carbocycles. The molecule has 0 saturated heterocycles. The van der Waals surface area contributed by atoms with Crippen LogP contribution in [-0.2, 0) is 7.05 Å². The van der Waals surface area contributed by atoms with E-state index >= 15 is 0 Å². The van der Waals surface area contributed by atoms with Gasteiger partial charge in [0, 0.05) is 12.6 Å². The van der Waals surface area contributed by atoms with E-state index in [1.807, 2.05) is 20.9 Å². The van der Waals surface area contributed by atoms with Gasteiger partial charge in [0.2, 0.25) is 0 Å². The van der Waals surface area contributed by atoms with Gasteiger partial charge in [0.05, 0.1) is 17.9 Å². The molecule has 2 aromatic heterocycles. The van der Waals surface area contributed by atoms with Crippen LogP contribution in [0, 0.1) is 20.8 Å². The highest BCUT2D eigenvalue weighted by atomic mass is 16.3. The molecular formula is C13H20N4O. The Morgan fingerprint density at radius 3 is 2.50 bits per heavy atom. The maximum absolute atomic E-state index is 5.72. The summed E-state index contributed by atoms with van der Waals surface area (Å²) in [6, 6.07) is 0.0763. The van der Waals surface area contributed by atoms with Crippen molar-refractivity contribution in [3.63, 3.8) is 0 Å². The highest BCUT2D eigenvalue weighted by Crippen LogP contribution is 2.30. The van der Waals surface area contributed by atoms with Crippen LogP contribution in [0.2, 0.25) is 0 Å². The van der Waals surface area contributed by atoms with Gasteiger partial charge in [0.15, 0.2) is 0 Å². The summed E-state index contributed by atoms with van der Waals surface area (Å²) >= 11 is 0. The van der Waals surface area contributed by atoms with Gasteiger partial charge in [-0.05, 0) is 32.9 Å². The minimum absolute atomic E-state index is 0.0763. The largest absolute Gasteiger partial charge is 0.466 e. The highest BCUT2D eigenvalue weighted by molar-refractivity contribution is 5.38. The summed E-state index contributed by atoms with van der Waals surface area (Å²) in [4.78, 5) is 0. The molecule has 0 fully saturated rings. The zero-order valence-electron chi connectivity index (χ0n) is 11.6. The smallest absolute Gasteiger partial charge is 0.106 e. The number of aromatic nitrogens is 3. The third-order valence-corrected chi connectivity index (χ3v) is 3.36. The summed E-state index contributed by atoms with van der Waals surface area (Å²) < 4.78 is 7.52. The van der Waals surface area contributed by atoms with E-state index in [2.05, 4.69) is 29.5 Å². The molecule has 98 valence electrons. The second kappa shape index (κ2) is 4.94. The molecule has 0 aliphatic heterocycles. The molecule has 2 rings (SSSR count). The maximum Gasteiger partial charge on any atom is 0.106 e. The molecular weight excluding hydrogens is 228 g/mol. The molecule has 1 unspecified atom stereocenters. The van der Waals surface area contributed by atoms with E-state index in [-0.39, 0.29) is 6.04 Å². The van der Waals surface area contributed by atoms with Gasteiger partial charge < -0.3 is 9.73 Å². The summed E-state index contributed by atoms with van der Waals surface area (Å²) in [7, 11) is 1.91. The van der Waals surface area contributed by atoms with Crippen molar-refractivity contribution in [2.45, 2.75) is 33.7 Å². The van der Waals surface area contributed by atoms with Gasteiger partial charge in [-0.3, -0.25) is 4.68 Å². The summed E-state index contributed by atoms with van der Waals surface area (Å²) in [6.45, 7) is 9.06. The van der Waals surface area contributed by atoms with E-state index in [1.165, 1.54) is 11.1 Å². The first kappa shape index (κ1) is 12.8. The van der Waals surface area contributed by atoms with Crippen LogP contribution >= 0.6 is 0 Å². The highest BCUT2D eigenvalue weighted by Gasteiger charge is 2.24. The number of rotatable bonds is 4. The normalized spacial score (nSPS) is 12.9. The lowest BCUT2D eigenvalue weighted by atomic mass is 9.99. The van der Waals surface area contributed by atoms with E-state index in [4.69, 9.17) is 4.42 Å². The van der Waals surface area contributed by atoms with Gasteiger partial charge >= 0.3 is 0 Å². The molecule has 18 heavy (non-hydrogen) atoms. The van der Waals surface area contributed by atoms with Crippen molar-refractivity contribution < 1.29 is 4.42 Å². The van der Waals surface area contributed by atoms with Gasteiger partial charge in [-0.25, -0.2) is 0 Å². The minimum Gasteiger partial charge on any atom is -0.466 e. The quantitative estimate of drug-likeness (QED) is 0.899. The predicted molar refractivity (Wildman–Crippen MR) is 69.4 cm³/mol. The summed E-state index contributed by atoms with van der Waals surface area (Å²) in [5.74, 6) is 1.93.